The fourth-order valence-corrected chi connectivity index (χ4v) is 1.51. The Balaban J connectivity index is 2.08. The smallest absolute Gasteiger partial charge is 0.195 e. The monoisotopic (exact) mass is 217 g/mol. The zero-order valence-corrected chi connectivity index (χ0v) is 9.31. The molecule has 0 bridgehead atoms. The lowest BCUT2D eigenvalue weighted by molar-refractivity contribution is 0.576. The zero-order valence-electron chi connectivity index (χ0n) is 9.31. The minimum Gasteiger partial charge on any atom is -0.461 e. The van der Waals surface area contributed by atoms with Crippen LogP contribution in [0.3, 0.4) is 0 Å². The minimum atomic E-state index is 0.659. The van der Waals surface area contributed by atoms with E-state index in [4.69, 9.17) is 4.42 Å². The topological polar surface area (TPSA) is 51.0 Å². The predicted molar refractivity (Wildman–Crippen MR) is 62.0 cm³/mol. The summed E-state index contributed by atoms with van der Waals surface area (Å²) in [7, 11) is 1.95. The van der Waals surface area contributed by atoms with Gasteiger partial charge in [-0.1, -0.05) is 0 Å². The molecule has 0 aromatic carbocycles. The van der Waals surface area contributed by atoms with E-state index in [9.17, 15) is 0 Å². The van der Waals surface area contributed by atoms with Gasteiger partial charge < -0.3 is 9.73 Å². The van der Waals surface area contributed by atoms with Crippen LogP contribution in [0.15, 0.2) is 35.1 Å². The van der Waals surface area contributed by atoms with Crippen LogP contribution >= 0.6 is 0 Å². The van der Waals surface area contributed by atoms with Gasteiger partial charge in [0, 0.05) is 11.9 Å². The van der Waals surface area contributed by atoms with Gasteiger partial charge in [-0.05, 0) is 44.6 Å². The number of aryl methyl sites for hydroxylation is 1. The maximum absolute atomic E-state index is 5.26. The highest BCUT2D eigenvalue weighted by Crippen LogP contribution is 2.14. The van der Waals surface area contributed by atoms with Crippen LogP contribution in [-0.4, -0.2) is 23.6 Å². The standard InChI is InChI=1S/C12H15N3O/c1-13-7-2-4-10-6-8-14-12(15-10)11-5-3-9-16-11/h3,5-6,8-9,13H,2,4,7H2,1H3. The summed E-state index contributed by atoms with van der Waals surface area (Å²) in [6.45, 7) is 1.00. The van der Waals surface area contributed by atoms with E-state index in [0.29, 0.717) is 5.82 Å². The number of aromatic nitrogens is 2. The molecule has 4 nitrogen and oxygen atoms in total. The van der Waals surface area contributed by atoms with Gasteiger partial charge >= 0.3 is 0 Å². The lowest BCUT2D eigenvalue weighted by Crippen LogP contribution is -2.09. The molecule has 2 heterocycles. The molecule has 2 aromatic rings. The van der Waals surface area contributed by atoms with Crippen molar-refractivity contribution in [1.29, 1.82) is 0 Å². The largest absolute Gasteiger partial charge is 0.461 e. The molecule has 84 valence electrons. The Bertz CT molecular complexity index is 426. The second kappa shape index (κ2) is 5.42. The highest BCUT2D eigenvalue weighted by atomic mass is 16.3. The van der Waals surface area contributed by atoms with Gasteiger partial charge in [-0.3, -0.25) is 0 Å². The SMILES string of the molecule is CNCCCc1ccnc(-c2ccco2)n1. The molecule has 0 amide bonds. The van der Waals surface area contributed by atoms with Crippen LogP contribution in [0.25, 0.3) is 11.6 Å². The van der Waals surface area contributed by atoms with Crippen molar-refractivity contribution in [2.45, 2.75) is 12.8 Å². The first-order valence-corrected chi connectivity index (χ1v) is 5.40. The summed E-state index contributed by atoms with van der Waals surface area (Å²) in [5, 5.41) is 3.12. The van der Waals surface area contributed by atoms with Crippen LogP contribution in [0.5, 0.6) is 0 Å². The third-order valence-corrected chi connectivity index (χ3v) is 2.31. The van der Waals surface area contributed by atoms with Crippen molar-refractivity contribution in [1.82, 2.24) is 15.3 Å². The summed E-state index contributed by atoms with van der Waals surface area (Å²) >= 11 is 0. The van der Waals surface area contributed by atoms with E-state index in [0.717, 1.165) is 30.8 Å². The second-order valence-electron chi connectivity index (χ2n) is 3.56. The molecule has 2 rings (SSSR count). The summed E-state index contributed by atoms with van der Waals surface area (Å²) in [5.74, 6) is 1.38. The van der Waals surface area contributed by atoms with Gasteiger partial charge in [0.15, 0.2) is 11.6 Å². The van der Waals surface area contributed by atoms with E-state index < -0.39 is 0 Å². The quantitative estimate of drug-likeness (QED) is 0.777. The molecule has 0 aliphatic carbocycles. The molecule has 0 aliphatic heterocycles. The Labute approximate surface area is 94.7 Å². The van der Waals surface area contributed by atoms with Crippen LogP contribution in [0.2, 0.25) is 0 Å². The van der Waals surface area contributed by atoms with Crippen LogP contribution in [-0.2, 0) is 6.42 Å². The van der Waals surface area contributed by atoms with E-state index in [1.54, 1.807) is 12.5 Å². The van der Waals surface area contributed by atoms with E-state index in [2.05, 4.69) is 15.3 Å². The van der Waals surface area contributed by atoms with E-state index >= 15 is 0 Å². The average Bonchev–Trinajstić information content (AvgIpc) is 2.83. The Hall–Kier alpha value is -1.68. The third-order valence-electron chi connectivity index (χ3n) is 2.31. The second-order valence-corrected chi connectivity index (χ2v) is 3.56. The maximum atomic E-state index is 5.26. The molecule has 0 saturated carbocycles. The molecule has 0 spiro atoms. The lowest BCUT2D eigenvalue weighted by Gasteiger charge is -2.01. The molecule has 2 aromatic heterocycles. The summed E-state index contributed by atoms with van der Waals surface area (Å²) in [5.41, 5.74) is 1.05. The zero-order chi connectivity index (χ0) is 11.2. The fourth-order valence-electron chi connectivity index (χ4n) is 1.51. The molecular weight excluding hydrogens is 202 g/mol. The van der Waals surface area contributed by atoms with Gasteiger partial charge in [-0.25, -0.2) is 9.97 Å². The van der Waals surface area contributed by atoms with Crippen molar-refractivity contribution in [3.05, 3.63) is 36.4 Å². The highest BCUT2D eigenvalue weighted by molar-refractivity contribution is 5.45. The summed E-state index contributed by atoms with van der Waals surface area (Å²) < 4.78 is 5.26. The predicted octanol–water partition coefficient (Wildman–Crippen LogP) is 1.89. The first-order chi connectivity index (χ1) is 7.90. The van der Waals surface area contributed by atoms with Crippen LogP contribution in [0, 0.1) is 0 Å². The lowest BCUT2D eigenvalue weighted by atomic mass is 10.2. The maximum Gasteiger partial charge on any atom is 0.195 e. The number of nitrogens with zero attached hydrogens (tertiary/aromatic N) is 2. The molecule has 16 heavy (non-hydrogen) atoms. The van der Waals surface area contributed by atoms with Crippen molar-refractivity contribution < 1.29 is 4.42 Å². The fraction of sp³-hybridized carbons (Fsp3) is 0.333. The number of hydrogen-bond acceptors (Lipinski definition) is 4. The molecule has 0 atom stereocenters. The highest BCUT2D eigenvalue weighted by Gasteiger charge is 2.04. The summed E-state index contributed by atoms with van der Waals surface area (Å²) in [6.07, 6.45) is 5.44. The van der Waals surface area contributed by atoms with Gasteiger partial charge in [0.1, 0.15) is 0 Å². The van der Waals surface area contributed by atoms with Crippen LogP contribution in [0.1, 0.15) is 12.1 Å². The Kier molecular flexibility index (Phi) is 3.66. The van der Waals surface area contributed by atoms with Gasteiger partial charge in [-0.15, -0.1) is 0 Å². The Morgan fingerprint density at radius 2 is 2.31 bits per heavy atom. The molecule has 0 radical (unpaired) electrons. The van der Waals surface area contributed by atoms with Gasteiger partial charge in [0.2, 0.25) is 0 Å². The van der Waals surface area contributed by atoms with E-state index in [-0.39, 0.29) is 0 Å². The first-order valence-electron chi connectivity index (χ1n) is 5.40. The first kappa shape index (κ1) is 10.8. The van der Waals surface area contributed by atoms with Crippen molar-refractivity contribution in [2.75, 3.05) is 13.6 Å². The Morgan fingerprint density at radius 1 is 1.38 bits per heavy atom. The van der Waals surface area contributed by atoms with Gasteiger partial charge in [-0.2, -0.15) is 0 Å². The molecular formula is C12H15N3O. The van der Waals surface area contributed by atoms with Crippen LogP contribution in [0.4, 0.5) is 0 Å². The molecule has 0 fully saturated rings. The number of hydrogen-bond donors (Lipinski definition) is 1. The van der Waals surface area contributed by atoms with Crippen molar-refractivity contribution in [3.8, 4) is 11.6 Å². The normalized spacial score (nSPS) is 10.6. The minimum absolute atomic E-state index is 0.659. The number of rotatable bonds is 5. The number of furan rings is 1. The molecule has 0 unspecified atom stereocenters. The van der Waals surface area contributed by atoms with E-state index in [1.165, 1.54) is 0 Å². The molecule has 1 N–H and O–H groups in total. The van der Waals surface area contributed by atoms with Crippen molar-refractivity contribution in [3.63, 3.8) is 0 Å². The van der Waals surface area contributed by atoms with E-state index in [1.807, 2.05) is 25.2 Å². The summed E-state index contributed by atoms with van der Waals surface area (Å²) in [4.78, 5) is 8.64. The molecule has 0 saturated heterocycles. The van der Waals surface area contributed by atoms with Gasteiger partial charge in [0.25, 0.3) is 0 Å². The molecule has 4 heteroatoms. The van der Waals surface area contributed by atoms with Gasteiger partial charge in [0.05, 0.1) is 6.26 Å². The number of nitrogens with one attached hydrogen (secondary N) is 1. The third kappa shape index (κ3) is 2.67. The summed E-state index contributed by atoms with van der Waals surface area (Å²) in [6, 6.07) is 5.65. The molecule has 0 aliphatic rings. The van der Waals surface area contributed by atoms with Crippen LogP contribution < -0.4 is 5.32 Å². The average molecular weight is 217 g/mol. The Morgan fingerprint density at radius 3 is 3.06 bits per heavy atom. The van der Waals surface area contributed by atoms with Crippen molar-refractivity contribution >= 4 is 0 Å². The van der Waals surface area contributed by atoms with Crippen molar-refractivity contribution in [2.24, 2.45) is 0 Å².